The van der Waals surface area contributed by atoms with Gasteiger partial charge in [0.2, 0.25) is 5.91 Å². The van der Waals surface area contributed by atoms with Crippen LogP contribution in [0.4, 0.5) is 0 Å². The predicted octanol–water partition coefficient (Wildman–Crippen LogP) is 5.18. The number of nitrogens with zero attached hydrogens (tertiary/aromatic N) is 3. The van der Waals surface area contributed by atoms with Crippen molar-refractivity contribution in [3.05, 3.63) is 65.7 Å². The highest BCUT2D eigenvalue weighted by molar-refractivity contribution is 8.00. The number of benzene rings is 2. The van der Waals surface area contributed by atoms with Gasteiger partial charge in [-0.15, -0.1) is 10.2 Å². The van der Waals surface area contributed by atoms with Gasteiger partial charge in [0.15, 0.2) is 11.0 Å². The van der Waals surface area contributed by atoms with Crippen LogP contribution in [0.3, 0.4) is 0 Å². The summed E-state index contributed by atoms with van der Waals surface area (Å²) in [6.07, 6.45) is 0. The summed E-state index contributed by atoms with van der Waals surface area (Å²) in [6.45, 7) is 11.2. The Morgan fingerprint density at radius 3 is 2.29 bits per heavy atom. The molecule has 2 aromatic carbocycles. The van der Waals surface area contributed by atoms with Crippen molar-refractivity contribution < 1.29 is 4.79 Å². The Labute approximate surface area is 189 Å². The van der Waals surface area contributed by atoms with E-state index >= 15 is 0 Å². The van der Waals surface area contributed by atoms with E-state index in [2.05, 4.69) is 79.6 Å². The molecule has 0 aliphatic rings. The van der Waals surface area contributed by atoms with E-state index in [4.69, 9.17) is 0 Å². The van der Waals surface area contributed by atoms with Crippen LogP contribution in [-0.2, 0) is 17.3 Å². The molecular formula is C25H32N4OS. The van der Waals surface area contributed by atoms with Gasteiger partial charge in [0.25, 0.3) is 0 Å². The zero-order valence-electron chi connectivity index (χ0n) is 19.2. The minimum absolute atomic E-state index is 0.00635. The van der Waals surface area contributed by atoms with E-state index in [9.17, 15) is 4.79 Å². The van der Waals surface area contributed by atoms with Gasteiger partial charge in [0.05, 0.1) is 5.25 Å². The number of amides is 1. The first-order chi connectivity index (χ1) is 14.7. The van der Waals surface area contributed by atoms with E-state index in [-0.39, 0.29) is 22.5 Å². The van der Waals surface area contributed by atoms with Crippen molar-refractivity contribution in [1.82, 2.24) is 20.1 Å². The Bertz CT molecular complexity index is 1010. The molecule has 3 rings (SSSR count). The highest BCUT2D eigenvalue weighted by Gasteiger charge is 2.20. The quantitative estimate of drug-likeness (QED) is 0.519. The molecule has 3 aromatic rings. The van der Waals surface area contributed by atoms with E-state index in [0.29, 0.717) is 6.54 Å². The molecule has 0 aliphatic heterocycles. The number of hydrogen-bond donors (Lipinski definition) is 1. The number of carbonyl (C=O) groups excluding carboxylic acids is 1. The fourth-order valence-electron chi connectivity index (χ4n) is 3.30. The van der Waals surface area contributed by atoms with Gasteiger partial charge in [-0.05, 0) is 29.4 Å². The molecular weight excluding hydrogens is 404 g/mol. The number of aromatic nitrogens is 3. The van der Waals surface area contributed by atoms with Gasteiger partial charge >= 0.3 is 0 Å². The van der Waals surface area contributed by atoms with Crippen LogP contribution in [0, 0.1) is 0 Å². The minimum atomic E-state index is -0.262. The van der Waals surface area contributed by atoms with E-state index in [1.165, 1.54) is 22.9 Å². The Balaban J connectivity index is 1.61. The monoisotopic (exact) mass is 436 g/mol. The lowest BCUT2D eigenvalue weighted by Crippen LogP contribution is -2.33. The summed E-state index contributed by atoms with van der Waals surface area (Å²) in [7, 11) is 1.94. The first kappa shape index (κ1) is 23.1. The molecule has 2 atom stereocenters. The molecule has 6 heteroatoms. The molecule has 164 valence electrons. The molecule has 1 aromatic heterocycles. The molecule has 2 unspecified atom stereocenters. The molecule has 0 spiro atoms. The van der Waals surface area contributed by atoms with E-state index in [0.717, 1.165) is 16.5 Å². The van der Waals surface area contributed by atoms with Crippen molar-refractivity contribution in [2.75, 3.05) is 6.54 Å². The minimum Gasteiger partial charge on any atom is -0.355 e. The Morgan fingerprint density at radius 1 is 1.03 bits per heavy atom. The lowest BCUT2D eigenvalue weighted by Gasteiger charge is -2.19. The SMILES string of the molecule is CC(Sc1nnc(-c2ccc(C(C)(C)C)cc2)n1C)C(=O)NCC(C)c1ccccc1. The Hall–Kier alpha value is -2.60. The normalized spacial score (nSPS) is 13.6. The molecule has 0 saturated carbocycles. The van der Waals surface area contributed by atoms with Crippen LogP contribution in [0.25, 0.3) is 11.4 Å². The summed E-state index contributed by atoms with van der Waals surface area (Å²) in [6, 6.07) is 18.7. The number of hydrogen-bond acceptors (Lipinski definition) is 4. The molecule has 0 aliphatic carbocycles. The van der Waals surface area contributed by atoms with Gasteiger partial charge in [0, 0.05) is 19.2 Å². The fourth-order valence-corrected chi connectivity index (χ4v) is 4.14. The summed E-state index contributed by atoms with van der Waals surface area (Å²) in [5, 5.41) is 12.2. The number of thioether (sulfide) groups is 1. The first-order valence-corrected chi connectivity index (χ1v) is 11.5. The average molecular weight is 437 g/mol. The average Bonchev–Trinajstić information content (AvgIpc) is 3.11. The van der Waals surface area contributed by atoms with E-state index in [1.54, 1.807) is 0 Å². The largest absolute Gasteiger partial charge is 0.355 e. The Morgan fingerprint density at radius 2 is 1.68 bits per heavy atom. The third-order valence-electron chi connectivity index (χ3n) is 5.45. The van der Waals surface area contributed by atoms with E-state index < -0.39 is 0 Å². The number of nitrogens with one attached hydrogen (secondary N) is 1. The Kier molecular flexibility index (Phi) is 7.21. The highest BCUT2D eigenvalue weighted by Crippen LogP contribution is 2.28. The van der Waals surface area contributed by atoms with Crippen LogP contribution in [0.5, 0.6) is 0 Å². The summed E-state index contributed by atoms with van der Waals surface area (Å²) < 4.78 is 1.95. The summed E-state index contributed by atoms with van der Waals surface area (Å²) >= 11 is 1.43. The van der Waals surface area contributed by atoms with Gasteiger partial charge in [-0.3, -0.25) is 4.79 Å². The van der Waals surface area contributed by atoms with Crippen molar-refractivity contribution in [2.24, 2.45) is 7.05 Å². The summed E-state index contributed by atoms with van der Waals surface area (Å²) in [5.74, 6) is 1.07. The van der Waals surface area contributed by atoms with Gasteiger partial charge in [0.1, 0.15) is 0 Å². The molecule has 0 radical (unpaired) electrons. The maximum Gasteiger partial charge on any atom is 0.233 e. The fraction of sp³-hybridized carbons (Fsp3) is 0.400. The van der Waals surface area contributed by atoms with E-state index in [1.807, 2.05) is 36.7 Å². The van der Waals surface area contributed by atoms with Crippen LogP contribution >= 0.6 is 11.8 Å². The van der Waals surface area contributed by atoms with Crippen molar-refractivity contribution in [1.29, 1.82) is 0 Å². The van der Waals surface area contributed by atoms with Crippen LogP contribution in [0.1, 0.15) is 51.7 Å². The third-order valence-corrected chi connectivity index (χ3v) is 6.58. The van der Waals surface area contributed by atoms with Gasteiger partial charge in [-0.25, -0.2) is 0 Å². The number of carbonyl (C=O) groups is 1. The molecule has 0 saturated heterocycles. The second-order valence-corrected chi connectivity index (χ2v) is 10.3. The van der Waals surface area contributed by atoms with Crippen molar-refractivity contribution in [3.8, 4) is 11.4 Å². The molecule has 0 fully saturated rings. The van der Waals surface area contributed by atoms with Crippen LogP contribution in [-0.4, -0.2) is 32.5 Å². The second-order valence-electron chi connectivity index (χ2n) is 9.01. The molecule has 1 heterocycles. The first-order valence-electron chi connectivity index (χ1n) is 10.7. The topological polar surface area (TPSA) is 59.8 Å². The lowest BCUT2D eigenvalue weighted by molar-refractivity contribution is -0.120. The second kappa shape index (κ2) is 9.69. The van der Waals surface area contributed by atoms with Crippen LogP contribution in [0.15, 0.2) is 59.8 Å². The highest BCUT2D eigenvalue weighted by atomic mass is 32.2. The summed E-state index contributed by atoms with van der Waals surface area (Å²) in [5.41, 5.74) is 3.63. The molecule has 5 nitrogen and oxygen atoms in total. The lowest BCUT2D eigenvalue weighted by atomic mass is 9.87. The van der Waals surface area contributed by atoms with Gasteiger partial charge in [-0.1, -0.05) is 94.1 Å². The standard InChI is InChI=1S/C25H32N4OS/c1-17(19-10-8-7-9-11-19)16-26-23(30)18(2)31-24-28-27-22(29(24)6)20-12-14-21(15-13-20)25(3,4)5/h7-15,17-18H,16H2,1-6H3,(H,26,30). The van der Waals surface area contributed by atoms with Crippen LogP contribution < -0.4 is 5.32 Å². The molecule has 1 N–H and O–H groups in total. The zero-order valence-corrected chi connectivity index (χ0v) is 20.0. The molecule has 1 amide bonds. The molecule has 31 heavy (non-hydrogen) atoms. The van der Waals surface area contributed by atoms with Crippen molar-refractivity contribution in [3.63, 3.8) is 0 Å². The van der Waals surface area contributed by atoms with Gasteiger partial charge < -0.3 is 9.88 Å². The summed E-state index contributed by atoms with van der Waals surface area (Å²) in [4.78, 5) is 12.6. The van der Waals surface area contributed by atoms with Gasteiger partial charge in [-0.2, -0.15) is 0 Å². The predicted molar refractivity (Wildman–Crippen MR) is 128 cm³/mol. The number of rotatable bonds is 7. The van der Waals surface area contributed by atoms with Crippen molar-refractivity contribution >= 4 is 17.7 Å². The third kappa shape index (κ3) is 5.76. The van der Waals surface area contributed by atoms with Crippen molar-refractivity contribution in [2.45, 2.75) is 56.4 Å². The maximum absolute atomic E-state index is 12.6. The zero-order chi connectivity index (χ0) is 22.6. The van der Waals surface area contributed by atoms with Crippen LogP contribution in [0.2, 0.25) is 0 Å². The smallest absolute Gasteiger partial charge is 0.233 e. The molecule has 0 bridgehead atoms. The maximum atomic E-state index is 12.6.